The van der Waals surface area contributed by atoms with Gasteiger partial charge in [-0.1, -0.05) is 115 Å². The van der Waals surface area contributed by atoms with Crippen molar-refractivity contribution in [3.63, 3.8) is 0 Å². The van der Waals surface area contributed by atoms with Gasteiger partial charge in [0, 0.05) is 25.1 Å². The van der Waals surface area contributed by atoms with Crippen molar-refractivity contribution in [3.8, 4) is 16.9 Å². The third-order valence-corrected chi connectivity index (χ3v) is 10.5. The molecule has 2 fully saturated rings. The van der Waals surface area contributed by atoms with Crippen LogP contribution >= 0.6 is 0 Å². The highest BCUT2D eigenvalue weighted by molar-refractivity contribution is 6.06. The SMILES string of the molecule is CN(C[C@H]1C[C@@H](c2ccc(CO)cc2)O[C@@H](c2ccc(-c3ccccc3CN3C(=O)CC(NC(=O)OCc4ccccc4)C3=O)cc2)O1)C[C@@H](O)c1cccc(O)c1. The Morgan fingerprint density at radius 3 is 2.34 bits per heavy atom. The smallest absolute Gasteiger partial charge is 0.408 e. The highest BCUT2D eigenvalue weighted by atomic mass is 16.7. The van der Waals surface area contributed by atoms with Crippen LogP contribution in [0.3, 0.4) is 0 Å². The molecule has 5 aromatic carbocycles. The molecule has 0 aromatic heterocycles. The largest absolute Gasteiger partial charge is 0.508 e. The molecule has 0 saturated carbocycles. The number of alkyl carbamates (subject to hydrolysis) is 1. The number of aliphatic hydroxyl groups excluding tert-OH is 2. The van der Waals surface area contributed by atoms with E-state index in [4.69, 9.17) is 14.2 Å². The second kappa shape index (κ2) is 18.6. The van der Waals surface area contributed by atoms with Gasteiger partial charge in [-0.05, 0) is 58.1 Å². The van der Waals surface area contributed by atoms with E-state index in [9.17, 15) is 29.7 Å². The molecule has 0 spiro atoms. The Labute approximate surface area is 337 Å². The molecule has 2 saturated heterocycles. The van der Waals surface area contributed by atoms with E-state index >= 15 is 0 Å². The lowest BCUT2D eigenvalue weighted by Gasteiger charge is -2.38. The summed E-state index contributed by atoms with van der Waals surface area (Å²) in [5.41, 5.74) is 6.44. The Morgan fingerprint density at radius 1 is 0.879 bits per heavy atom. The maximum Gasteiger partial charge on any atom is 0.408 e. The van der Waals surface area contributed by atoms with Crippen LogP contribution in [0.2, 0.25) is 0 Å². The van der Waals surface area contributed by atoms with Crippen LogP contribution in [0, 0.1) is 0 Å². The summed E-state index contributed by atoms with van der Waals surface area (Å²) in [6.07, 6.45) is -2.44. The number of nitrogens with zero attached hydrogens (tertiary/aromatic N) is 2. The van der Waals surface area contributed by atoms with E-state index in [2.05, 4.69) is 5.32 Å². The number of benzene rings is 5. The molecule has 2 aliphatic rings. The van der Waals surface area contributed by atoms with Gasteiger partial charge in [-0.2, -0.15) is 0 Å². The molecule has 12 nitrogen and oxygen atoms in total. The van der Waals surface area contributed by atoms with Gasteiger partial charge in [0.15, 0.2) is 6.29 Å². The molecule has 0 radical (unpaired) electrons. The van der Waals surface area contributed by atoms with Gasteiger partial charge in [0.2, 0.25) is 5.91 Å². The van der Waals surface area contributed by atoms with Gasteiger partial charge >= 0.3 is 6.09 Å². The number of aliphatic hydroxyl groups is 2. The zero-order chi connectivity index (χ0) is 40.6. The number of phenols is 1. The van der Waals surface area contributed by atoms with Crippen molar-refractivity contribution in [1.29, 1.82) is 0 Å². The summed E-state index contributed by atoms with van der Waals surface area (Å²) in [5.74, 6) is -0.782. The second-order valence-electron chi connectivity index (χ2n) is 14.7. The minimum atomic E-state index is -1.01. The van der Waals surface area contributed by atoms with Crippen molar-refractivity contribution in [2.24, 2.45) is 0 Å². The van der Waals surface area contributed by atoms with Gasteiger partial charge in [-0.3, -0.25) is 14.5 Å². The molecule has 7 rings (SSSR count). The van der Waals surface area contributed by atoms with Crippen molar-refractivity contribution >= 4 is 17.9 Å². The number of nitrogens with one attached hydrogen (secondary N) is 1. The average Bonchev–Trinajstić information content (AvgIpc) is 3.50. The topological polar surface area (TPSA) is 158 Å². The molecule has 0 aliphatic carbocycles. The molecule has 2 aliphatic heterocycles. The standard InChI is InChI=1S/C46H47N3O9/c1-48(27-41(52)35-11-7-12-37(51)22-35)26-38-23-42(33-16-14-30(28-50)15-17-33)58-45(57-38)34-20-18-32(19-21-34)39-13-6-5-10-36(39)25-49-43(53)24-40(44(49)54)47-46(55)56-29-31-8-3-2-4-9-31/h2-22,38,40-42,45,50-52H,23-29H2,1H3,(H,47,55)/t38-,40?,41-,42+,45+/m1/s1. The number of likely N-dealkylation sites (tertiary alicyclic amines) is 1. The van der Waals surface area contributed by atoms with Gasteiger partial charge in [-0.25, -0.2) is 4.79 Å². The van der Waals surface area contributed by atoms with Crippen LogP contribution in [0.15, 0.2) is 127 Å². The number of carbonyl (C=O) groups excluding carboxylic acids is 3. The van der Waals surface area contributed by atoms with Gasteiger partial charge in [0.05, 0.1) is 37.9 Å². The second-order valence-corrected chi connectivity index (χ2v) is 14.7. The molecule has 12 heteroatoms. The van der Waals surface area contributed by atoms with E-state index in [0.29, 0.717) is 25.1 Å². The van der Waals surface area contributed by atoms with Crippen LogP contribution in [-0.2, 0) is 43.6 Å². The number of imide groups is 1. The molecule has 5 aromatic rings. The molecular weight excluding hydrogens is 739 g/mol. The number of aromatic hydroxyl groups is 1. The number of likely N-dealkylation sites (N-methyl/N-ethyl adjacent to an activating group) is 1. The number of amides is 3. The van der Waals surface area contributed by atoms with Gasteiger partial charge in [0.25, 0.3) is 5.91 Å². The molecule has 1 unspecified atom stereocenters. The third-order valence-electron chi connectivity index (χ3n) is 10.5. The Morgan fingerprint density at radius 2 is 1.60 bits per heavy atom. The summed E-state index contributed by atoms with van der Waals surface area (Å²) in [7, 11) is 1.91. The van der Waals surface area contributed by atoms with E-state index in [1.807, 2.05) is 115 Å². The molecule has 3 amide bonds. The van der Waals surface area contributed by atoms with Gasteiger partial charge in [-0.15, -0.1) is 0 Å². The number of hydrogen-bond donors (Lipinski definition) is 4. The van der Waals surface area contributed by atoms with Crippen molar-refractivity contribution in [2.75, 3.05) is 20.1 Å². The molecule has 58 heavy (non-hydrogen) atoms. The fraction of sp³-hybridized carbons (Fsp3) is 0.283. The monoisotopic (exact) mass is 785 g/mol. The molecule has 5 atom stereocenters. The lowest BCUT2D eigenvalue weighted by atomic mass is 9.97. The summed E-state index contributed by atoms with van der Waals surface area (Å²) < 4.78 is 18.4. The Hall–Kier alpha value is -5.89. The minimum Gasteiger partial charge on any atom is -0.508 e. The van der Waals surface area contributed by atoms with Crippen LogP contribution in [0.4, 0.5) is 4.79 Å². The maximum absolute atomic E-state index is 13.4. The van der Waals surface area contributed by atoms with Crippen LogP contribution < -0.4 is 5.32 Å². The highest BCUT2D eigenvalue weighted by Crippen LogP contribution is 2.39. The first-order valence-electron chi connectivity index (χ1n) is 19.3. The lowest BCUT2D eigenvalue weighted by molar-refractivity contribution is -0.252. The predicted molar refractivity (Wildman–Crippen MR) is 215 cm³/mol. The van der Waals surface area contributed by atoms with E-state index in [1.54, 1.807) is 24.3 Å². The van der Waals surface area contributed by atoms with E-state index in [1.165, 1.54) is 4.90 Å². The van der Waals surface area contributed by atoms with Gasteiger partial charge < -0.3 is 39.7 Å². The molecule has 0 bridgehead atoms. The predicted octanol–water partition coefficient (Wildman–Crippen LogP) is 6.32. The highest BCUT2D eigenvalue weighted by Gasteiger charge is 2.40. The van der Waals surface area contributed by atoms with Crippen LogP contribution in [0.1, 0.15) is 64.7 Å². The molecular formula is C46H47N3O9. The molecule has 4 N–H and O–H groups in total. The maximum atomic E-state index is 13.4. The number of carbonyl (C=O) groups is 3. The zero-order valence-electron chi connectivity index (χ0n) is 32.1. The third kappa shape index (κ3) is 9.97. The van der Waals surface area contributed by atoms with E-state index < -0.39 is 30.4 Å². The number of phenolic OH excluding ortho intramolecular Hbond substituents is 1. The van der Waals surface area contributed by atoms with Crippen molar-refractivity contribution in [1.82, 2.24) is 15.1 Å². The number of ether oxygens (including phenoxy) is 3. The van der Waals surface area contributed by atoms with Crippen molar-refractivity contribution < 1.29 is 43.9 Å². The minimum absolute atomic E-state index is 0.0355. The Balaban J connectivity index is 1.03. The number of hydrogen-bond acceptors (Lipinski definition) is 10. The van der Waals surface area contributed by atoms with Crippen molar-refractivity contribution in [3.05, 3.63) is 161 Å². The summed E-state index contributed by atoms with van der Waals surface area (Å²) in [6.45, 7) is 0.850. The summed E-state index contributed by atoms with van der Waals surface area (Å²) in [4.78, 5) is 42.1. The van der Waals surface area contributed by atoms with Crippen LogP contribution in [0.5, 0.6) is 5.75 Å². The normalized spacial score (nSPS) is 20.0. The summed E-state index contributed by atoms with van der Waals surface area (Å²) in [5, 5.41) is 32.9. The fourth-order valence-electron chi connectivity index (χ4n) is 7.39. The lowest BCUT2D eigenvalue weighted by Crippen LogP contribution is -2.41. The summed E-state index contributed by atoms with van der Waals surface area (Å²) in [6, 6.07) is 37.8. The molecule has 2 heterocycles. The number of rotatable bonds is 14. The van der Waals surface area contributed by atoms with Gasteiger partial charge in [0.1, 0.15) is 18.4 Å². The van der Waals surface area contributed by atoms with E-state index in [-0.39, 0.29) is 50.0 Å². The first-order chi connectivity index (χ1) is 28.1. The first kappa shape index (κ1) is 40.3. The zero-order valence-corrected chi connectivity index (χ0v) is 32.1. The van der Waals surface area contributed by atoms with Crippen LogP contribution in [0.25, 0.3) is 11.1 Å². The Kier molecular flexibility index (Phi) is 12.9. The van der Waals surface area contributed by atoms with Crippen molar-refractivity contribution in [2.45, 2.75) is 63.2 Å². The molecule has 300 valence electrons. The Bertz CT molecular complexity index is 2180. The van der Waals surface area contributed by atoms with E-state index in [0.717, 1.165) is 38.9 Å². The first-order valence-corrected chi connectivity index (χ1v) is 19.3. The average molecular weight is 786 g/mol. The summed E-state index contributed by atoms with van der Waals surface area (Å²) >= 11 is 0. The quantitative estimate of drug-likeness (QED) is 0.0940. The van der Waals surface area contributed by atoms with Crippen LogP contribution in [-0.4, -0.2) is 75.3 Å². The fourth-order valence-corrected chi connectivity index (χ4v) is 7.39.